The fourth-order valence-corrected chi connectivity index (χ4v) is 1.97. The van der Waals surface area contributed by atoms with Gasteiger partial charge in [-0.05, 0) is 12.1 Å². The number of carbonyl (C=O) groups is 1. The number of nitrogen functional groups attached to an aromatic ring is 1. The minimum Gasteiger partial charge on any atom is -0.396 e. The van der Waals surface area contributed by atoms with E-state index in [2.05, 4.69) is 10.4 Å². The molecule has 1 heterocycles. The molecule has 0 fully saturated rings. The van der Waals surface area contributed by atoms with Crippen molar-refractivity contribution in [2.45, 2.75) is 0 Å². The van der Waals surface area contributed by atoms with E-state index in [0.717, 1.165) is 0 Å². The van der Waals surface area contributed by atoms with E-state index < -0.39 is 5.91 Å². The van der Waals surface area contributed by atoms with E-state index >= 15 is 0 Å². The molecular weight excluding hydrogens is 275 g/mol. The molecule has 0 unspecified atom stereocenters. The first-order valence-electron chi connectivity index (χ1n) is 5.03. The normalized spacial score (nSPS) is 10.4. The highest BCUT2D eigenvalue weighted by atomic mass is 35.5. The molecule has 0 saturated heterocycles. The van der Waals surface area contributed by atoms with Crippen molar-refractivity contribution in [1.29, 1.82) is 0 Å². The zero-order chi connectivity index (χ0) is 13.3. The maximum Gasteiger partial charge on any atom is 0.278 e. The van der Waals surface area contributed by atoms with Gasteiger partial charge in [-0.1, -0.05) is 29.3 Å². The lowest BCUT2D eigenvalue weighted by molar-refractivity contribution is 0.102. The number of anilines is 2. The number of halogens is 2. The molecule has 7 heteroatoms. The summed E-state index contributed by atoms with van der Waals surface area (Å²) in [6, 6.07) is 4.95. The predicted molar refractivity (Wildman–Crippen MR) is 72.0 cm³/mol. The van der Waals surface area contributed by atoms with E-state index in [1.54, 1.807) is 31.4 Å². The van der Waals surface area contributed by atoms with Gasteiger partial charge in [0.2, 0.25) is 0 Å². The highest BCUT2D eigenvalue weighted by molar-refractivity contribution is 6.40. The Bertz CT molecular complexity index is 589. The zero-order valence-corrected chi connectivity index (χ0v) is 11.0. The van der Waals surface area contributed by atoms with Crippen molar-refractivity contribution in [3.05, 3.63) is 40.1 Å². The monoisotopic (exact) mass is 284 g/mol. The zero-order valence-electron chi connectivity index (χ0n) is 9.45. The quantitative estimate of drug-likeness (QED) is 0.890. The molecule has 0 aliphatic rings. The molecule has 0 aliphatic carbocycles. The fourth-order valence-electron chi connectivity index (χ4n) is 1.47. The molecule has 1 amide bonds. The van der Waals surface area contributed by atoms with Crippen LogP contribution in [0.25, 0.3) is 0 Å². The third kappa shape index (κ3) is 2.42. The molecule has 0 bridgehead atoms. The highest BCUT2D eigenvalue weighted by Gasteiger charge is 2.16. The van der Waals surface area contributed by atoms with Gasteiger partial charge in [0.05, 0.1) is 21.4 Å². The molecule has 0 spiro atoms. The van der Waals surface area contributed by atoms with Crippen LogP contribution in [0.15, 0.2) is 24.4 Å². The van der Waals surface area contributed by atoms with Gasteiger partial charge < -0.3 is 11.1 Å². The predicted octanol–water partition coefficient (Wildman–Crippen LogP) is 2.56. The Labute approximate surface area is 113 Å². The molecular formula is C11H10Cl2N4O. The maximum absolute atomic E-state index is 12.0. The summed E-state index contributed by atoms with van der Waals surface area (Å²) < 4.78 is 1.46. The van der Waals surface area contributed by atoms with Gasteiger partial charge in [0.1, 0.15) is 0 Å². The summed E-state index contributed by atoms with van der Waals surface area (Å²) in [5.74, 6) is -0.455. The number of hydrogen-bond acceptors (Lipinski definition) is 3. The topological polar surface area (TPSA) is 72.9 Å². The van der Waals surface area contributed by atoms with Crippen molar-refractivity contribution in [2.75, 3.05) is 11.1 Å². The van der Waals surface area contributed by atoms with Gasteiger partial charge in [0.25, 0.3) is 5.91 Å². The number of nitrogens with zero attached hydrogens (tertiary/aromatic N) is 2. The van der Waals surface area contributed by atoms with Crippen molar-refractivity contribution < 1.29 is 4.79 Å². The Morgan fingerprint density at radius 1 is 1.39 bits per heavy atom. The van der Waals surface area contributed by atoms with Crippen LogP contribution in [-0.2, 0) is 7.05 Å². The van der Waals surface area contributed by atoms with Crippen LogP contribution in [0.4, 0.5) is 11.4 Å². The number of aryl methyl sites for hydroxylation is 1. The second-order valence-electron chi connectivity index (χ2n) is 3.66. The third-order valence-corrected chi connectivity index (χ3v) is 2.90. The van der Waals surface area contributed by atoms with Gasteiger partial charge in [-0.25, -0.2) is 0 Å². The van der Waals surface area contributed by atoms with Gasteiger partial charge in [-0.2, -0.15) is 5.10 Å². The average Bonchev–Trinajstić information content (AvgIpc) is 2.63. The number of carbonyl (C=O) groups excluding carboxylic acids is 1. The Balaban J connectivity index is 2.30. The van der Waals surface area contributed by atoms with E-state index in [1.807, 2.05) is 0 Å². The molecule has 0 aliphatic heterocycles. The largest absolute Gasteiger partial charge is 0.396 e. The number of benzene rings is 1. The van der Waals surface area contributed by atoms with Crippen molar-refractivity contribution in [2.24, 2.45) is 7.05 Å². The van der Waals surface area contributed by atoms with Crippen molar-refractivity contribution in [1.82, 2.24) is 9.78 Å². The van der Waals surface area contributed by atoms with Crippen LogP contribution < -0.4 is 11.1 Å². The van der Waals surface area contributed by atoms with Crippen molar-refractivity contribution in [3.8, 4) is 0 Å². The summed E-state index contributed by atoms with van der Waals surface area (Å²) in [6.07, 6.45) is 1.54. The highest BCUT2D eigenvalue weighted by Crippen LogP contribution is 2.30. The van der Waals surface area contributed by atoms with Gasteiger partial charge in [0.15, 0.2) is 5.69 Å². The minimum atomic E-state index is -0.455. The molecule has 3 N–H and O–H groups in total. The lowest BCUT2D eigenvalue weighted by Gasteiger charge is -2.07. The minimum absolute atomic E-state index is 0.133. The van der Waals surface area contributed by atoms with Gasteiger partial charge in [0, 0.05) is 13.2 Å². The average molecular weight is 285 g/mol. The van der Waals surface area contributed by atoms with Crippen LogP contribution in [0.2, 0.25) is 10.0 Å². The molecule has 2 aromatic rings. The lowest BCUT2D eigenvalue weighted by atomic mass is 10.3. The second kappa shape index (κ2) is 4.88. The van der Waals surface area contributed by atoms with Crippen molar-refractivity contribution in [3.63, 3.8) is 0 Å². The number of rotatable bonds is 2. The Hall–Kier alpha value is -1.72. The standard InChI is InChI=1S/C11H10Cl2N4O/c1-17-5-8(14)10(16-17)11(18)15-9-6(12)3-2-4-7(9)13/h2-5H,14H2,1H3,(H,15,18). The summed E-state index contributed by atoms with van der Waals surface area (Å²) in [5, 5.41) is 7.25. The summed E-state index contributed by atoms with van der Waals surface area (Å²) in [6.45, 7) is 0. The summed E-state index contributed by atoms with van der Waals surface area (Å²) in [4.78, 5) is 12.0. The second-order valence-corrected chi connectivity index (χ2v) is 4.47. The number of nitrogens with one attached hydrogen (secondary N) is 1. The number of para-hydroxylation sites is 1. The first-order valence-corrected chi connectivity index (χ1v) is 5.79. The van der Waals surface area contributed by atoms with Crippen molar-refractivity contribution >= 4 is 40.5 Å². The van der Waals surface area contributed by atoms with Crippen LogP contribution in [0, 0.1) is 0 Å². The molecule has 0 radical (unpaired) electrons. The van der Waals surface area contributed by atoms with Gasteiger partial charge >= 0.3 is 0 Å². The van der Waals surface area contributed by atoms with Crippen LogP contribution >= 0.6 is 23.2 Å². The Kier molecular flexibility index (Phi) is 3.45. The lowest BCUT2D eigenvalue weighted by Crippen LogP contribution is -2.15. The van der Waals surface area contributed by atoms with E-state index in [9.17, 15) is 4.79 Å². The van der Waals surface area contributed by atoms with Crippen LogP contribution in [0.5, 0.6) is 0 Å². The van der Waals surface area contributed by atoms with Crippen LogP contribution in [0.1, 0.15) is 10.5 Å². The Morgan fingerprint density at radius 3 is 2.50 bits per heavy atom. The SMILES string of the molecule is Cn1cc(N)c(C(=O)Nc2c(Cl)cccc2Cl)n1. The molecule has 5 nitrogen and oxygen atoms in total. The van der Waals surface area contributed by atoms with Crippen LogP contribution in [-0.4, -0.2) is 15.7 Å². The van der Waals surface area contributed by atoms with E-state index in [0.29, 0.717) is 15.7 Å². The number of aromatic nitrogens is 2. The summed E-state index contributed by atoms with van der Waals surface area (Å²) >= 11 is 11.9. The summed E-state index contributed by atoms with van der Waals surface area (Å²) in [5.41, 5.74) is 6.43. The molecule has 94 valence electrons. The number of hydrogen-bond donors (Lipinski definition) is 2. The van der Waals surface area contributed by atoms with E-state index in [-0.39, 0.29) is 11.4 Å². The number of nitrogens with two attached hydrogens (primary N) is 1. The van der Waals surface area contributed by atoms with Gasteiger partial charge in [-0.15, -0.1) is 0 Å². The summed E-state index contributed by atoms with van der Waals surface area (Å²) in [7, 11) is 1.68. The van der Waals surface area contributed by atoms with Crippen LogP contribution in [0.3, 0.4) is 0 Å². The Morgan fingerprint density at radius 2 is 2.00 bits per heavy atom. The molecule has 2 rings (SSSR count). The van der Waals surface area contributed by atoms with E-state index in [4.69, 9.17) is 28.9 Å². The maximum atomic E-state index is 12.0. The first kappa shape index (κ1) is 12.7. The third-order valence-electron chi connectivity index (χ3n) is 2.27. The molecule has 18 heavy (non-hydrogen) atoms. The smallest absolute Gasteiger partial charge is 0.278 e. The molecule has 0 saturated carbocycles. The van der Waals surface area contributed by atoms with Gasteiger partial charge in [-0.3, -0.25) is 9.48 Å². The first-order chi connectivity index (χ1) is 8.49. The molecule has 0 atom stereocenters. The molecule has 1 aromatic carbocycles. The van der Waals surface area contributed by atoms with E-state index in [1.165, 1.54) is 4.68 Å². The molecule has 1 aromatic heterocycles. The number of amides is 1. The fraction of sp³-hybridized carbons (Fsp3) is 0.0909.